The Morgan fingerprint density at radius 1 is 0.833 bits per heavy atom. The maximum Gasteiger partial charge on any atom is 0.386 e. The Kier molecular flexibility index (Phi) is 16.6. The molecule has 4 heteroatoms. The van der Waals surface area contributed by atoms with Crippen LogP contribution in [0.1, 0.15) is 82.1 Å². The highest BCUT2D eigenvalue weighted by atomic mass is 19.4. The molecule has 0 bridgehead atoms. The molecule has 1 nitrogen and oxygen atoms in total. The van der Waals surface area contributed by atoms with Crippen LogP contribution in [0.25, 0.3) is 5.70 Å². The van der Waals surface area contributed by atoms with E-state index in [2.05, 4.69) is 87.8 Å². The smallest absolute Gasteiger partial charge is 0.386 e. The highest BCUT2D eigenvalue weighted by Crippen LogP contribution is 2.34. The van der Waals surface area contributed by atoms with Gasteiger partial charge in [0.15, 0.2) is 0 Å². The monoisotopic (exact) mass is 503 g/mol. The Labute approximate surface area is 218 Å². The highest BCUT2D eigenvalue weighted by molar-refractivity contribution is 5.61. The van der Waals surface area contributed by atoms with Crippen LogP contribution in [0.5, 0.6) is 0 Å². The fourth-order valence-corrected chi connectivity index (χ4v) is 4.09. The van der Waals surface area contributed by atoms with Gasteiger partial charge in [0.25, 0.3) is 0 Å². The molecular weight excluding hydrogens is 455 g/mol. The minimum Gasteiger partial charge on any atom is -0.388 e. The Morgan fingerprint density at radius 3 is 1.58 bits per heavy atom. The van der Waals surface area contributed by atoms with Gasteiger partial charge >= 0.3 is 6.18 Å². The maximum atomic E-state index is 10.4. The van der Waals surface area contributed by atoms with Crippen LogP contribution in [0.3, 0.4) is 0 Å². The molecule has 2 aromatic rings. The third-order valence-electron chi connectivity index (χ3n) is 5.95. The molecule has 0 saturated heterocycles. The lowest BCUT2D eigenvalue weighted by Gasteiger charge is -2.28. The number of rotatable bonds is 6. The topological polar surface area (TPSA) is 12.0 Å². The fraction of sp³-hybridized carbons (Fsp3) is 0.500. The molecule has 2 aromatic carbocycles. The van der Waals surface area contributed by atoms with E-state index in [9.17, 15) is 13.2 Å². The summed E-state index contributed by atoms with van der Waals surface area (Å²) in [6.07, 6.45) is 3.98. The SMILES string of the molecule is C=C(C)CC1CCC(Cc2ccc(C(=C)NC)cc2)CC1.CC.CC(F)(F)F.Cc1ccc(C)cc1. The number of nitrogens with one attached hydrogen (secondary N) is 1. The molecule has 0 spiro atoms. The summed E-state index contributed by atoms with van der Waals surface area (Å²) in [6.45, 7) is 18.6. The molecule has 1 saturated carbocycles. The first-order valence-electron chi connectivity index (χ1n) is 13.1. The van der Waals surface area contributed by atoms with Crippen molar-refractivity contribution in [3.8, 4) is 0 Å². The summed E-state index contributed by atoms with van der Waals surface area (Å²) in [4.78, 5) is 0. The van der Waals surface area contributed by atoms with E-state index in [4.69, 9.17) is 0 Å². The summed E-state index contributed by atoms with van der Waals surface area (Å²) in [5.74, 6) is 1.75. The van der Waals surface area contributed by atoms with E-state index in [-0.39, 0.29) is 6.92 Å². The third kappa shape index (κ3) is 17.0. The summed E-state index contributed by atoms with van der Waals surface area (Å²) in [5.41, 5.74) is 7.64. The average Bonchev–Trinajstić information content (AvgIpc) is 2.82. The summed E-state index contributed by atoms with van der Waals surface area (Å²) < 4.78 is 31.1. The molecular formula is C32H48F3N. The molecule has 1 N–H and O–H groups in total. The zero-order valence-corrected chi connectivity index (χ0v) is 23.6. The van der Waals surface area contributed by atoms with Crippen molar-refractivity contribution in [3.05, 3.63) is 89.5 Å². The number of allylic oxidation sites excluding steroid dienone is 1. The number of benzene rings is 2. The van der Waals surface area contributed by atoms with E-state index in [0.29, 0.717) is 0 Å². The first-order chi connectivity index (χ1) is 16.9. The number of halogens is 3. The van der Waals surface area contributed by atoms with Gasteiger partial charge in [0.2, 0.25) is 0 Å². The van der Waals surface area contributed by atoms with Crippen LogP contribution in [0.2, 0.25) is 0 Å². The van der Waals surface area contributed by atoms with Crippen LogP contribution in [-0.4, -0.2) is 13.2 Å². The zero-order chi connectivity index (χ0) is 27.7. The first-order valence-corrected chi connectivity index (χ1v) is 13.1. The maximum absolute atomic E-state index is 10.4. The van der Waals surface area contributed by atoms with E-state index in [0.717, 1.165) is 17.5 Å². The van der Waals surface area contributed by atoms with Gasteiger partial charge in [-0.2, -0.15) is 13.2 Å². The van der Waals surface area contributed by atoms with E-state index >= 15 is 0 Å². The Morgan fingerprint density at radius 2 is 1.22 bits per heavy atom. The average molecular weight is 504 g/mol. The van der Waals surface area contributed by atoms with Crippen LogP contribution in [0.4, 0.5) is 13.2 Å². The van der Waals surface area contributed by atoms with Gasteiger partial charge in [-0.05, 0) is 82.3 Å². The largest absolute Gasteiger partial charge is 0.388 e. The van der Waals surface area contributed by atoms with E-state index in [1.165, 1.54) is 66.4 Å². The van der Waals surface area contributed by atoms with Gasteiger partial charge in [0.1, 0.15) is 0 Å². The minimum atomic E-state index is -4.00. The molecule has 202 valence electrons. The van der Waals surface area contributed by atoms with E-state index in [1.54, 1.807) is 0 Å². The van der Waals surface area contributed by atoms with Crippen LogP contribution < -0.4 is 5.32 Å². The molecule has 0 aromatic heterocycles. The minimum absolute atomic E-state index is 0.188. The molecule has 1 aliphatic rings. The van der Waals surface area contributed by atoms with E-state index in [1.807, 2.05) is 20.9 Å². The Bertz CT molecular complexity index is 829. The molecule has 0 radical (unpaired) electrons. The quantitative estimate of drug-likeness (QED) is 0.387. The molecule has 0 aliphatic heterocycles. The summed E-state index contributed by atoms with van der Waals surface area (Å²) in [6, 6.07) is 17.4. The number of hydrogen-bond donors (Lipinski definition) is 1. The molecule has 0 atom stereocenters. The van der Waals surface area contributed by atoms with Crippen LogP contribution in [0.15, 0.2) is 67.3 Å². The van der Waals surface area contributed by atoms with E-state index < -0.39 is 6.18 Å². The number of aryl methyl sites for hydroxylation is 2. The molecule has 0 amide bonds. The van der Waals surface area contributed by atoms with Crippen molar-refractivity contribution in [3.63, 3.8) is 0 Å². The van der Waals surface area contributed by atoms with Crippen molar-refractivity contribution >= 4 is 5.70 Å². The standard InChI is InChI=1S/C20H29N.C8H10.C2H3F3.C2H6/c1-15(2)13-17-5-7-18(8-6-17)14-19-9-11-20(12-10-19)16(3)21-4;1-7-3-5-8(2)6-4-7;1-2(3,4)5;1-2/h9-12,17-18,21H,1,3,5-8,13-14H2,2,4H3;3-6H,1-2H3;1H3;1-2H3. The predicted molar refractivity (Wildman–Crippen MR) is 152 cm³/mol. The van der Waals surface area contributed by atoms with Crippen molar-refractivity contribution in [2.24, 2.45) is 11.8 Å². The van der Waals surface area contributed by atoms with Crippen molar-refractivity contribution in [1.29, 1.82) is 0 Å². The zero-order valence-electron chi connectivity index (χ0n) is 23.6. The second-order valence-electron chi connectivity index (χ2n) is 9.61. The van der Waals surface area contributed by atoms with Gasteiger partial charge < -0.3 is 5.32 Å². The molecule has 0 unspecified atom stereocenters. The van der Waals surface area contributed by atoms with Gasteiger partial charge in [-0.15, -0.1) is 6.58 Å². The summed E-state index contributed by atoms with van der Waals surface area (Å²) in [5, 5.41) is 3.10. The fourth-order valence-electron chi connectivity index (χ4n) is 4.09. The second-order valence-corrected chi connectivity index (χ2v) is 9.61. The molecule has 1 aliphatic carbocycles. The van der Waals surface area contributed by atoms with Crippen molar-refractivity contribution in [1.82, 2.24) is 5.32 Å². The molecule has 0 heterocycles. The lowest BCUT2D eigenvalue weighted by atomic mass is 9.77. The highest BCUT2D eigenvalue weighted by Gasteiger charge is 2.21. The number of alkyl halides is 3. The third-order valence-corrected chi connectivity index (χ3v) is 5.95. The van der Waals surface area contributed by atoms with Crippen molar-refractivity contribution < 1.29 is 13.2 Å². The Balaban J connectivity index is 0.000000669. The van der Waals surface area contributed by atoms with Crippen molar-refractivity contribution in [2.45, 2.75) is 86.2 Å². The van der Waals surface area contributed by atoms with Crippen LogP contribution in [-0.2, 0) is 6.42 Å². The predicted octanol–water partition coefficient (Wildman–Crippen LogP) is 10.1. The number of hydrogen-bond acceptors (Lipinski definition) is 1. The van der Waals surface area contributed by atoms with Gasteiger partial charge in [-0.1, -0.05) is 85.7 Å². The first kappa shape index (κ1) is 33.5. The lowest BCUT2D eigenvalue weighted by Crippen LogP contribution is -2.16. The Hall–Kier alpha value is -2.49. The summed E-state index contributed by atoms with van der Waals surface area (Å²) in [7, 11) is 1.92. The van der Waals surface area contributed by atoms with Gasteiger partial charge in [0, 0.05) is 19.7 Å². The molecule has 1 fully saturated rings. The lowest BCUT2D eigenvalue weighted by molar-refractivity contribution is -0.110. The van der Waals surface area contributed by atoms with Crippen LogP contribution >= 0.6 is 0 Å². The van der Waals surface area contributed by atoms with Gasteiger partial charge in [-0.3, -0.25) is 0 Å². The van der Waals surface area contributed by atoms with Crippen LogP contribution in [0, 0.1) is 25.7 Å². The van der Waals surface area contributed by atoms with Gasteiger partial charge in [0.05, 0.1) is 0 Å². The molecule has 36 heavy (non-hydrogen) atoms. The van der Waals surface area contributed by atoms with Crippen molar-refractivity contribution in [2.75, 3.05) is 7.05 Å². The summed E-state index contributed by atoms with van der Waals surface area (Å²) >= 11 is 0. The van der Waals surface area contributed by atoms with Gasteiger partial charge in [-0.25, -0.2) is 0 Å². The normalized spacial score (nSPS) is 16.6. The second kappa shape index (κ2) is 17.9. The molecule has 3 rings (SSSR count).